The van der Waals surface area contributed by atoms with Crippen LogP contribution in [0.15, 0.2) is 24.3 Å². The summed E-state index contributed by atoms with van der Waals surface area (Å²) in [4.78, 5) is 0. The highest BCUT2D eigenvalue weighted by Crippen LogP contribution is 2.24. The Morgan fingerprint density at radius 3 is 2.62 bits per heavy atom. The van der Waals surface area contributed by atoms with E-state index in [1.54, 1.807) is 0 Å². The standard InChI is InChI=1S/C17H28N2O2/c1-13-6-4-5-7-16(13)11-21-12-17(20)10-18-19-14(2)8-9-15(19)3/h4-5,8-9,13,16-18,20H,6-7,10-12H2,1-3H3. The number of rotatable bonds is 7. The number of ether oxygens (including phenoxy) is 1. The fourth-order valence-corrected chi connectivity index (χ4v) is 2.77. The van der Waals surface area contributed by atoms with Gasteiger partial charge in [0.15, 0.2) is 0 Å². The van der Waals surface area contributed by atoms with Crippen molar-refractivity contribution in [2.24, 2.45) is 11.8 Å². The molecule has 1 heterocycles. The van der Waals surface area contributed by atoms with Gasteiger partial charge in [0.25, 0.3) is 0 Å². The highest BCUT2D eigenvalue weighted by atomic mass is 16.5. The SMILES string of the molecule is Cc1ccc(C)n1NCC(O)COCC1CC=CCC1C. The summed E-state index contributed by atoms with van der Waals surface area (Å²) in [6, 6.07) is 4.12. The molecule has 4 heteroatoms. The Kier molecular flexibility index (Phi) is 5.88. The molecule has 0 spiro atoms. The highest BCUT2D eigenvalue weighted by molar-refractivity contribution is 5.15. The van der Waals surface area contributed by atoms with Gasteiger partial charge in [0.2, 0.25) is 0 Å². The number of hydrogen-bond donors (Lipinski definition) is 2. The Labute approximate surface area is 127 Å². The lowest BCUT2D eigenvalue weighted by Crippen LogP contribution is -2.31. The van der Waals surface area contributed by atoms with Gasteiger partial charge in [-0.3, -0.25) is 4.68 Å². The Balaban J connectivity index is 1.66. The van der Waals surface area contributed by atoms with E-state index >= 15 is 0 Å². The van der Waals surface area contributed by atoms with Crippen molar-refractivity contribution in [3.8, 4) is 0 Å². The van der Waals surface area contributed by atoms with Crippen molar-refractivity contribution in [3.05, 3.63) is 35.7 Å². The van der Waals surface area contributed by atoms with Gasteiger partial charge in [0.05, 0.1) is 25.9 Å². The first-order valence-corrected chi connectivity index (χ1v) is 7.87. The summed E-state index contributed by atoms with van der Waals surface area (Å²) in [7, 11) is 0. The third-order valence-corrected chi connectivity index (χ3v) is 4.32. The van der Waals surface area contributed by atoms with Gasteiger partial charge in [-0.25, -0.2) is 0 Å². The van der Waals surface area contributed by atoms with Crippen molar-refractivity contribution in [1.29, 1.82) is 0 Å². The van der Waals surface area contributed by atoms with Crippen molar-refractivity contribution < 1.29 is 9.84 Å². The Hall–Kier alpha value is -1.26. The van der Waals surface area contributed by atoms with Crippen LogP contribution in [0.25, 0.3) is 0 Å². The molecular weight excluding hydrogens is 264 g/mol. The summed E-state index contributed by atoms with van der Waals surface area (Å²) in [6.07, 6.45) is 6.24. The lowest BCUT2D eigenvalue weighted by Gasteiger charge is -2.25. The summed E-state index contributed by atoms with van der Waals surface area (Å²) in [6.45, 7) is 7.98. The van der Waals surface area contributed by atoms with E-state index < -0.39 is 6.10 Å². The lowest BCUT2D eigenvalue weighted by atomic mass is 9.85. The molecule has 4 nitrogen and oxygen atoms in total. The van der Waals surface area contributed by atoms with Crippen LogP contribution < -0.4 is 5.43 Å². The van der Waals surface area contributed by atoms with Crippen LogP contribution in [0.4, 0.5) is 0 Å². The second-order valence-corrected chi connectivity index (χ2v) is 6.19. The highest BCUT2D eigenvalue weighted by Gasteiger charge is 2.18. The maximum Gasteiger partial charge on any atom is 0.0961 e. The minimum atomic E-state index is -0.486. The fraction of sp³-hybridized carbons (Fsp3) is 0.647. The van der Waals surface area contributed by atoms with Gasteiger partial charge in [0, 0.05) is 11.4 Å². The van der Waals surface area contributed by atoms with E-state index in [9.17, 15) is 5.11 Å². The summed E-state index contributed by atoms with van der Waals surface area (Å²) in [5, 5.41) is 10.0. The van der Waals surface area contributed by atoms with Gasteiger partial charge in [-0.05, 0) is 50.7 Å². The average molecular weight is 292 g/mol. The number of hydrogen-bond acceptors (Lipinski definition) is 3. The van der Waals surface area contributed by atoms with E-state index in [4.69, 9.17) is 4.74 Å². The normalized spacial score (nSPS) is 23.2. The summed E-state index contributed by atoms with van der Waals surface area (Å²) in [5.74, 6) is 1.26. The fourth-order valence-electron chi connectivity index (χ4n) is 2.77. The molecule has 2 rings (SSSR count). The van der Waals surface area contributed by atoms with Crippen LogP contribution >= 0.6 is 0 Å². The number of nitrogens with one attached hydrogen (secondary N) is 1. The Morgan fingerprint density at radius 2 is 1.95 bits per heavy atom. The van der Waals surface area contributed by atoms with Crippen LogP contribution in [-0.4, -0.2) is 35.6 Å². The van der Waals surface area contributed by atoms with Gasteiger partial charge in [-0.1, -0.05) is 19.1 Å². The molecule has 0 saturated heterocycles. The quantitative estimate of drug-likeness (QED) is 0.760. The molecule has 2 N–H and O–H groups in total. The molecular formula is C17H28N2O2. The molecule has 0 amide bonds. The van der Waals surface area contributed by atoms with Crippen LogP contribution in [0.2, 0.25) is 0 Å². The molecule has 21 heavy (non-hydrogen) atoms. The molecule has 0 aliphatic heterocycles. The van der Waals surface area contributed by atoms with Crippen LogP contribution in [0.1, 0.15) is 31.2 Å². The molecule has 3 atom stereocenters. The number of nitrogens with zero attached hydrogens (tertiary/aromatic N) is 1. The number of aliphatic hydroxyl groups excluding tert-OH is 1. The second-order valence-electron chi connectivity index (χ2n) is 6.19. The predicted molar refractivity (Wildman–Crippen MR) is 86.0 cm³/mol. The van der Waals surface area contributed by atoms with Crippen LogP contribution in [0, 0.1) is 25.7 Å². The monoisotopic (exact) mass is 292 g/mol. The largest absolute Gasteiger partial charge is 0.389 e. The van der Waals surface area contributed by atoms with E-state index in [0.717, 1.165) is 30.8 Å². The Morgan fingerprint density at radius 1 is 1.29 bits per heavy atom. The number of allylic oxidation sites excluding steroid dienone is 2. The van der Waals surface area contributed by atoms with Gasteiger partial charge >= 0.3 is 0 Å². The average Bonchev–Trinajstić information content (AvgIpc) is 2.78. The van der Waals surface area contributed by atoms with E-state index in [1.165, 1.54) is 0 Å². The molecule has 0 bridgehead atoms. The van der Waals surface area contributed by atoms with E-state index in [-0.39, 0.29) is 0 Å². The van der Waals surface area contributed by atoms with Crippen LogP contribution in [0.3, 0.4) is 0 Å². The molecule has 1 aliphatic carbocycles. The maximum atomic E-state index is 10.0. The smallest absolute Gasteiger partial charge is 0.0961 e. The lowest BCUT2D eigenvalue weighted by molar-refractivity contribution is 0.0166. The summed E-state index contributed by atoms with van der Waals surface area (Å²) >= 11 is 0. The van der Waals surface area contributed by atoms with Crippen molar-refractivity contribution in [3.63, 3.8) is 0 Å². The number of aryl methyl sites for hydroxylation is 2. The first-order valence-electron chi connectivity index (χ1n) is 7.87. The first-order chi connectivity index (χ1) is 10.1. The molecule has 118 valence electrons. The molecule has 1 aromatic rings. The van der Waals surface area contributed by atoms with Gasteiger partial charge in [-0.2, -0.15) is 0 Å². The first kappa shape index (κ1) is 16.1. The second kappa shape index (κ2) is 7.66. The zero-order valence-electron chi connectivity index (χ0n) is 13.4. The van der Waals surface area contributed by atoms with Crippen LogP contribution in [0.5, 0.6) is 0 Å². The molecule has 0 saturated carbocycles. The third-order valence-electron chi connectivity index (χ3n) is 4.32. The molecule has 0 radical (unpaired) electrons. The van der Waals surface area contributed by atoms with Crippen molar-refractivity contribution >= 4 is 0 Å². The molecule has 3 unspecified atom stereocenters. The maximum absolute atomic E-state index is 10.0. The van der Waals surface area contributed by atoms with Gasteiger partial charge in [0.1, 0.15) is 0 Å². The number of aromatic nitrogens is 1. The third kappa shape index (κ3) is 4.61. The predicted octanol–water partition coefficient (Wildman–Crippen LogP) is 2.63. The zero-order chi connectivity index (χ0) is 15.2. The van der Waals surface area contributed by atoms with Gasteiger partial charge < -0.3 is 15.3 Å². The molecule has 1 aliphatic rings. The molecule has 0 fully saturated rings. The summed E-state index contributed by atoms with van der Waals surface area (Å²) in [5.41, 5.74) is 5.52. The zero-order valence-corrected chi connectivity index (χ0v) is 13.4. The Bertz CT molecular complexity index is 448. The van der Waals surface area contributed by atoms with Crippen molar-refractivity contribution in [1.82, 2.24) is 4.68 Å². The molecule has 0 aromatic carbocycles. The van der Waals surface area contributed by atoms with Crippen molar-refractivity contribution in [2.45, 2.75) is 39.7 Å². The van der Waals surface area contributed by atoms with Crippen molar-refractivity contribution in [2.75, 3.05) is 25.2 Å². The van der Waals surface area contributed by atoms with Crippen LogP contribution in [-0.2, 0) is 4.74 Å². The minimum absolute atomic E-state index is 0.388. The molecule has 1 aromatic heterocycles. The van der Waals surface area contributed by atoms with E-state index in [1.807, 2.05) is 18.5 Å². The minimum Gasteiger partial charge on any atom is -0.389 e. The van der Waals surface area contributed by atoms with E-state index in [2.05, 4.69) is 36.6 Å². The topological polar surface area (TPSA) is 46.4 Å². The summed E-state index contributed by atoms with van der Waals surface area (Å²) < 4.78 is 7.70. The van der Waals surface area contributed by atoms with Gasteiger partial charge in [-0.15, -0.1) is 0 Å². The van der Waals surface area contributed by atoms with E-state index in [0.29, 0.717) is 25.0 Å². The number of aliphatic hydroxyl groups is 1.